The van der Waals surface area contributed by atoms with E-state index >= 15 is 0 Å². The molecule has 0 aliphatic carbocycles. The van der Waals surface area contributed by atoms with Gasteiger partial charge in [-0.05, 0) is 32.4 Å². The quantitative estimate of drug-likeness (QED) is 0.839. The summed E-state index contributed by atoms with van der Waals surface area (Å²) in [6.07, 6.45) is 0.998. The molecule has 2 nitrogen and oxygen atoms in total. The third-order valence-corrected chi connectivity index (χ3v) is 3.07. The van der Waals surface area contributed by atoms with Crippen molar-refractivity contribution in [2.24, 2.45) is 5.73 Å². The molecule has 0 heterocycles. The minimum Gasteiger partial charge on any atom is -0.326 e. The Balaban J connectivity index is 2.78. The van der Waals surface area contributed by atoms with Gasteiger partial charge in [-0.3, -0.25) is 4.79 Å². The Morgan fingerprint density at radius 1 is 1.38 bits per heavy atom. The maximum absolute atomic E-state index is 11.9. The van der Waals surface area contributed by atoms with Crippen LogP contribution in [0, 0.1) is 0 Å². The highest BCUT2D eigenvalue weighted by Gasteiger charge is 2.17. The van der Waals surface area contributed by atoms with Crippen molar-refractivity contribution >= 4 is 29.0 Å². The van der Waals surface area contributed by atoms with Crippen molar-refractivity contribution < 1.29 is 4.79 Å². The molecule has 0 saturated heterocycles. The molecule has 0 aliphatic heterocycles. The van der Waals surface area contributed by atoms with Crippen LogP contribution in [0.5, 0.6) is 0 Å². The smallest absolute Gasteiger partial charge is 0.164 e. The van der Waals surface area contributed by atoms with Gasteiger partial charge in [0.1, 0.15) is 0 Å². The van der Waals surface area contributed by atoms with E-state index in [0.717, 1.165) is 0 Å². The van der Waals surface area contributed by atoms with E-state index in [1.165, 1.54) is 0 Å². The number of carbonyl (C=O) groups excluding carboxylic acids is 1. The summed E-state index contributed by atoms with van der Waals surface area (Å²) in [4.78, 5) is 11.9. The molecule has 16 heavy (non-hydrogen) atoms. The second-order valence-corrected chi connectivity index (χ2v) is 5.30. The van der Waals surface area contributed by atoms with Crippen molar-refractivity contribution in [3.63, 3.8) is 0 Å². The Morgan fingerprint density at radius 2 is 2.00 bits per heavy atom. The number of hydrogen-bond acceptors (Lipinski definition) is 2. The van der Waals surface area contributed by atoms with E-state index in [0.29, 0.717) is 28.5 Å². The summed E-state index contributed by atoms with van der Waals surface area (Å²) in [6.45, 7) is 3.78. The van der Waals surface area contributed by atoms with Gasteiger partial charge in [0, 0.05) is 17.5 Å². The average molecular weight is 260 g/mol. The predicted molar refractivity (Wildman–Crippen MR) is 68.3 cm³/mol. The van der Waals surface area contributed by atoms with Crippen LogP contribution >= 0.6 is 23.2 Å². The molecule has 1 aromatic carbocycles. The van der Waals surface area contributed by atoms with Gasteiger partial charge in [-0.25, -0.2) is 0 Å². The van der Waals surface area contributed by atoms with Gasteiger partial charge in [0.2, 0.25) is 0 Å². The predicted octanol–water partition coefficient (Wildman–Crippen LogP) is 3.69. The highest BCUT2D eigenvalue weighted by atomic mass is 35.5. The van der Waals surface area contributed by atoms with E-state index in [4.69, 9.17) is 28.9 Å². The number of carbonyl (C=O) groups is 1. The topological polar surface area (TPSA) is 43.1 Å². The molecule has 1 aromatic rings. The second kappa shape index (κ2) is 5.17. The average Bonchev–Trinajstić information content (AvgIpc) is 2.17. The van der Waals surface area contributed by atoms with E-state index in [-0.39, 0.29) is 11.3 Å². The second-order valence-electron chi connectivity index (χ2n) is 4.51. The molecular formula is C12H15Cl2NO. The van der Waals surface area contributed by atoms with E-state index in [1.807, 2.05) is 13.8 Å². The zero-order valence-corrected chi connectivity index (χ0v) is 10.9. The fraction of sp³-hybridized carbons (Fsp3) is 0.417. The number of Topliss-reactive ketones (excluding diaryl/α,β-unsaturated/α-hetero) is 1. The van der Waals surface area contributed by atoms with Crippen LogP contribution < -0.4 is 5.73 Å². The van der Waals surface area contributed by atoms with Gasteiger partial charge in [-0.15, -0.1) is 0 Å². The van der Waals surface area contributed by atoms with Crippen molar-refractivity contribution in [3.8, 4) is 0 Å². The highest BCUT2D eigenvalue weighted by Crippen LogP contribution is 2.27. The molecule has 0 spiro atoms. The molecule has 0 amide bonds. The number of rotatable bonds is 4. The van der Waals surface area contributed by atoms with Gasteiger partial charge in [0.05, 0.1) is 10.0 Å². The van der Waals surface area contributed by atoms with Crippen molar-refractivity contribution in [2.75, 3.05) is 0 Å². The van der Waals surface area contributed by atoms with Gasteiger partial charge >= 0.3 is 0 Å². The molecule has 1 rings (SSSR count). The monoisotopic (exact) mass is 259 g/mol. The van der Waals surface area contributed by atoms with E-state index in [2.05, 4.69) is 0 Å². The number of benzene rings is 1. The first-order valence-electron chi connectivity index (χ1n) is 5.07. The van der Waals surface area contributed by atoms with Crippen LogP contribution in [0.2, 0.25) is 10.0 Å². The van der Waals surface area contributed by atoms with Crippen LogP contribution in [0.15, 0.2) is 18.2 Å². The summed E-state index contributed by atoms with van der Waals surface area (Å²) in [5.41, 5.74) is 5.94. The third-order valence-electron chi connectivity index (χ3n) is 2.25. The molecule has 0 radical (unpaired) electrons. The first-order valence-corrected chi connectivity index (χ1v) is 5.83. The Morgan fingerprint density at radius 3 is 2.56 bits per heavy atom. The van der Waals surface area contributed by atoms with E-state index in [1.54, 1.807) is 18.2 Å². The Kier molecular flexibility index (Phi) is 4.36. The molecule has 2 N–H and O–H groups in total. The van der Waals surface area contributed by atoms with Crippen LogP contribution in [-0.2, 0) is 0 Å². The lowest BCUT2D eigenvalue weighted by Crippen LogP contribution is -2.32. The lowest BCUT2D eigenvalue weighted by molar-refractivity contribution is 0.0973. The first kappa shape index (κ1) is 13.5. The molecular weight excluding hydrogens is 245 g/mol. The number of nitrogens with two attached hydrogens (primary N) is 1. The Bertz CT molecular complexity index is 396. The molecule has 0 saturated carbocycles. The normalized spacial score (nSPS) is 11.6. The fourth-order valence-electron chi connectivity index (χ4n) is 1.29. The number of halogens is 2. The van der Waals surface area contributed by atoms with Gasteiger partial charge < -0.3 is 5.73 Å². The molecule has 0 fully saturated rings. The highest BCUT2D eigenvalue weighted by molar-refractivity contribution is 6.43. The fourth-order valence-corrected chi connectivity index (χ4v) is 1.70. The maximum atomic E-state index is 11.9. The van der Waals surface area contributed by atoms with Gasteiger partial charge in [-0.2, -0.15) is 0 Å². The number of hydrogen-bond donors (Lipinski definition) is 1. The zero-order chi connectivity index (χ0) is 12.3. The third kappa shape index (κ3) is 3.78. The van der Waals surface area contributed by atoms with Crippen LogP contribution in [0.1, 0.15) is 37.0 Å². The molecule has 0 aliphatic rings. The SMILES string of the molecule is CC(C)(N)CCC(=O)c1cccc(Cl)c1Cl. The standard InChI is InChI=1S/C12H15Cl2NO/c1-12(2,15)7-6-10(16)8-4-3-5-9(13)11(8)14/h3-5H,6-7,15H2,1-2H3. The van der Waals surface area contributed by atoms with Crippen LogP contribution in [0.25, 0.3) is 0 Å². The van der Waals surface area contributed by atoms with Crippen LogP contribution in [0.3, 0.4) is 0 Å². The zero-order valence-electron chi connectivity index (χ0n) is 9.39. The summed E-state index contributed by atoms with van der Waals surface area (Å²) < 4.78 is 0. The van der Waals surface area contributed by atoms with E-state index in [9.17, 15) is 4.79 Å². The molecule has 0 bridgehead atoms. The van der Waals surface area contributed by atoms with Crippen LogP contribution in [0.4, 0.5) is 0 Å². The van der Waals surface area contributed by atoms with Gasteiger partial charge in [0.25, 0.3) is 0 Å². The number of ketones is 1. The Labute approximate surface area is 106 Å². The largest absolute Gasteiger partial charge is 0.326 e. The summed E-state index contributed by atoms with van der Waals surface area (Å²) in [7, 11) is 0. The van der Waals surface area contributed by atoms with Gasteiger partial charge in [0.15, 0.2) is 5.78 Å². The van der Waals surface area contributed by atoms with Crippen molar-refractivity contribution in [3.05, 3.63) is 33.8 Å². The Hall–Kier alpha value is -0.570. The van der Waals surface area contributed by atoms with Crippen molar-refractivity contribution in [1.29, 1.82) is 0 Å². The minimum atomic E-state index is -0.347. The molecule has 0 aromatic heterocycles. The molecule has 88 valence electrons. The summed E-state index contributed by atoms with van der Waals surface area (Å²) >= 11 is 11.8. The molecule has 0 unspecified atom stereocenters. The van der Waals surface area contributed by atoms with Gasteiger partial charge in [-0.1, -0.05) is 29.3 Å². The van der Waals surface area contributed by atoms with E-state index < -0.39 is 0 Å². The minimum absolute atomic E-state index is 0.0222. The summed E-state index contributed by atoms with van der Waals surface area (Å²) in [6, 6.07) is 5.06. The van der Waals surface area contributed by atoms with Crippen LogP contribution in [-0.4, -0.2) is 11.3 Å². The summed E-state index contributed by atoms with van der Waals surface area (Å²) in [5.74, 6) is -0.0222. The molecule has 0 atom stereocenters. The lowest BCUT2D eigenvalue weighted by atomic mass is 9.96. The maximum Gasteiger partial charge on any atom is 0.164 e. The molecule has 4 heteroatoms. The first-order chi connectivity index (χ1) is 7.31. The van der Waals surface area contributed by atoms with Crippen molar-refractivity contribution in [2.45, 2.75) is 32.2 Å². The summed E-state index contributed by atoms with van der Waals surface area (Å²) in [5, 5.41) is 0.725. The lowest BCUT2D eigenvalue weighted by Gasteiger charge is -2.17. The van der Waals surface area contributed by atoms with Crippen molar-refractivity contribution in [1.82, 2.24) is 0 Å².